The quantitative estimate of drug-likeness (QED) is 0.385. The molecule has 0 aromatic heterocycles. The summed E-state index contributed by atoms with van der Waals surface area (Å²) in [5.74, 6) is -1.20. The Kier molecular flexibility index (Phi) is 9.10. The zero-order chi connectivity index (χ0) is 31.8. The third-order valence-electron chi connectivity index (χ3n) is 7.09. The molecule has 1 saturated heterocycles. The molecule has 2 aliphatic rings. The Hall–Kier alpha value is -3.30. The fourth-order valence-electron chi connectivity index (χ4n) is 4.43. The van der Waals surface area contributed by atoms with E-state index in [1.54, 1.807) is 6.92 Å². The van der Waals surface area contributed by atoms with Crippen molar-refractivity contribution in [3.8, 4) is 5.75 Å². The second-order valence-corrected chi connectivity index (χ2v) is 13.1. The molecule has 4 rings (SSSR count). The predicted octanol–water partition coefficient (Wildman–Crippen LogP) is 5.40. The average Bonchev–Trinajstić information content (AvgIpc) is 2.92. The first kappa shape index (κ1) is 32.6. The fourth-order valence-corrected chi connectivity index (χ4v) is 6.20. The van der Waals surface area contributed by atoms with Crippen molar-refractivity contribution in [1.82, 2.24) is 5.32 Å². The number of carbonyl (C=O) groups excluding carboxylic acids is 2. The summed E-state index contributed by atoms with van der Waals surface area (Å²) < 4.78 is 97.9. The summed E-state index contributed by atoms with van der Waals surface area (Å²) >= 11 is 5.84. The smallest absolute Gasteiger partial charge is 0.427 e. The normalized spacial score (nSPS) is 20.9. The third-order valence-corrected chi connectivity index (χ3v) is 9.15. The van der Waals surface area contributed by atoms with Crippen LogP contribution in [0.1, 0.15) is 40.0 Å². The van der Waals surface area contributed by atoms with Crippen LogP contribution in [0.4, 0.5) is 33.7 Å². The number of nitrogens with one attached hydrogen (secondary N) is 2. The van der Waals surface area contributed by atoms with Gasteiger partial charge in [-0.1, -0.05) is 11.6 Å². The Morgan fingerprint density at radius 2 is 1.88 bits per heavy atom. The number of nitrogens with zero attached hydrogens (tertiary/aromatic N) is 1. The molecule has 2 aromatic rings. The molecule has 1 unspecified atom stereocenters. The summed E-state index contributed by atoms with van der Waals surface area (Å²) in [6.07, 6.45) is -5.03. The first-order valence-corrected chi connectivity index (χ1v) is 15.0. The lowest BCUT2D eigenvalue weighted by molar-refractivity contribution is -0.242. The number of rotatable bonds is 7. The van der Waals surface area contributed by atoms with Gasteiger partial charge in [0.2, 0.25) is 5.60 Å². The molecule has 10 nitrogen and oxygen atoms in total. The van der Waals surface area contributed by atoms with Crippen molar-refractivity contribution in [3.63, 3.8) is 0 Å². The highest BCUT2D eigenvalue weighted by molar-refractivity contribution is 7.92. The summed E-state index contributed by atoms with van der Waals surface area (Å²) in [6, 6.07) is 6.58. The van der Waals surface area contributed by atoms with Crippen LogP contribution in [0, 0.1) is 5.82 Å². The number of ether oxygens (including phenoxy) is 3. The van der Waals surface area contributed by atoms with Crippen molar-refractivity contribution in [1.29, 1.82) is 0 Å². The summed E-state index contributed by atoms with van der Waals surface area (Å²) in [6.45, 7) is 3.01. The van der Waals surface area contributed by atoms with Crippen molar-refractivity contribution >= 4 is 45.0 Å². The highest BCUT2D eigenvalue weighted by atomic mass is 35.5. The Bertz CT molecular complexity index is 1500. The molecule has 2 heterocycles. The maximum Gasteiger partial charge on any atom is 0.427 e. The third kappa shape index (κ3) is 7.10. The summed E-state index contributed by atoms with van der Waals surface area (Å²) in [5.41, 5.74) is -4.03. The Labute approximate surface area is 250 Å². The van der Waals surface area contributed by atoms with Gasteiger partial charge >= 0.3 is 12.3 Å². The van der Waals surface area contributed by atoms with Crippen molar-refractivity contribution in [2.75, 3.05) is 29.3 Å². The minimum Gasteiger partial charge on any atom is -0.484 e. The number of hydrogen-bond donors (Lipinski definition) is 2. The van der Waals surface area contributed by atoms with Gasteiger partial charge in [-0.3, -0.25) is 14.4 Å². The lowest BCUT2D eigenvalue weighted by Gasteiger charge is -2.37. The van der Waals surface area contributed by atoms with Crippen LogP contribution in [0.25, 0.3) is 0 Å². The van der Waals surface area contributed by atoms with Gasteiger partial charge in [0.15, 0.2) is 0 Å². The monoisotopic (exact) mass is 651 g/mol. The number of benzene rings is 2. The molecule has 0 spiro atoms. The SMILES string of the molecule is CC1(C(=O)NC[C@H]2CN(S(=O)(=O)c3ccc(F)c(Cl)c3)c3cc(NC(=O)OC(C)(C)C(F)(F)F)ccc3O2)CCCCO1. The first-order chi connectivity index (χ1) is 19.9. The summed E-state index contributed by atoms with van der Waals surface area (Å²) in [7, 11) is -4.44. The molecule has 43 heavy (non-hydrogen) atoms. The van der Waals surface area contributed by atoms with Crippen LogP contribution in [0.15, 0.2) is 41.3 Å². The predicted molar refractivity (Wildman–Crippen MR) is 148 cm³/mol. The topological polar surface area (TPSA) is 123 Å². The molecule has 2 amide bonds. The number of carbonyl (C=O) groups is 2. The van der Waals surface area contributed by atoms with Crippen LogP contribution in [-0.4, -0.2) is 63.6 Å². The molecule has 16 heteroatoms. The van der Waals surface area contributed by atoms with Gasteiger partial charge in [-0.05, 0) is 76.4 Å². The number of hydrogen-bond acceptors (Lipinski definition) is 7. The number of alkyl halides is 3. The van der Waals surface area contributed by atoms with Gasteiger partial charge in [0, 0.05) is 12.3 Å². The van der Waals surface area contributed by atoms with E-state index in [1.807, 2.05) is 0 Å². The molecule has 0 aliphatic carbocycles. The van der Waals surface area contributed by atoms with Gasteiger partial charge in [-0.15, -0.1) is 0 Å². The van der Waals surface area contributed by atoms with Gasteiger partial charge in [0.25, 0.3) is 15.9 Å². The van der Waals surface area contributed by atoms with Crippen molar-refractivity contribution in [2.24, 2.45) is 0 Å². The molecule has 0 saturated carbocycles. The molecule has 0 radical (unpaired) electrons. The molecule has 2 N–H and O–H groups in total. The Morgan fingerprint density at radius 1 is 1.16 bits per heavy atom. The number of amides is 2. The fraction of sp³-hybridized carbons (Fsp3) is 0.481. The van der Waals surface area contributed by atoms with Gasteiger partial charge in [0.1, 0.15) is 23.3 Å². The number of halogens is 5. The minimum atomic E-state index is -4.85. The second kappa shape index (κ2) is 12.0. The van der Waals surface area contributed by atoms with E-state index >= 15 is 0 Å². The lowest BCUT2D eigenvalue weighted by Crippen LogP contribution is -2.53. The van der Waals surface area contributed by atoms with E-state index in [4.69, 9.17) is 21.1 Å². The minimum absolute atomic E-state index is 0.0250. The molecule has 2 atom stereocenters. The molecule has 1 fully saturated rings. The van der Waals surface area contributed by atoms with Crippen molar-refractivity contribution in [3.05, 3.63) is 47.2 Å². The van der Waals surface area contributed by atoms with Gasteiger partial charge in [-0.2, -0.15) is 13.2 Å². The zero-order valence-electron chi connectivity index (χ0n) is 23.4. The molecular weight excluding hydrogens is 622 g/mol. The van der Waals surface area contributed by atoms with E-state index in [9.17, 15) is 35.6 Å². The second-order valence-electron chi connectivity index (χ2n) is 10.8. The van der Waals surface area contributed by atoms with Crippen LogP contribution in [0.3, 0.4) is 0 Å². The van der Waals surface area contributed by atoms with E-state index < -0.39 is 50.4 Å². The number of sulfonamides is 1. The first-order valence-electron chi connectivity index (χ1n) is 13.2. The highest BCUT2D eigenvalue weighted by Gasteiger charge is 2.51. The number of fused-ring (bicyclic) bond motifs is 1. The number of anilines is 2. The molecule has 2 aliphatic heterocycles. The largest absolute Gasteiger partial charge is 0.484 e. The molecule has 236 valence electrons. The Balaban J connectivity index is 1.62. The summed E-state index contributed by atoms with van der Waals surface area (Å²) in [4.78, 5) is 24.8. The van der Waals surface area contributed by atoms with Crippen LogP contribution in [0.2, 0.25) is 5.02 Å². The van der Waals surface area contributed by atoms with Gasteiger partial charge in [0.05, 0.1) is 28.7 Å². The highest BCUT2D eigenvalue weighted by Crippen LogP contribution is 2.40. The summed E-state index contributed by atoms with van der Waals surface area (Å²) in [5, 5.41) is 4.47. The Morgan fingerprint density at radius 3 is 2.51 bits per heavy atom. The van der Waals surface area contributed by atoms with Crippen molar-refractivity contribution < 1.29 is 49.8 Å². The van der Waals surface area contributed by atoms with Crippen molar-refractivity contribution in [2.45, 2.75) is 68.4 Å². The average molecular weight is 652 g/mol. The van der Waals surface area contributed by atoms with E-state index in [0.29, 0.717) is 26.9 Å². The van der Waals surface area contributed by atoms with E-state index in [2.05, 4.69) is 15.4 Å². The van der Waals surface area contributed by atoms with Gasteiger partial charge < -0.3 is 19.5 Å². The lowest BCUT2D eigenvalue weighted by atomic mass is 9.95. The van der Waals surface area contributed by atoms with Crippen LogP contribution in [0.5, 0.6) is 5.75 Å². The maximum atomic E-state index is 13.8. The zero-order valence-corrected chi connectivity index (χ0v) is 25.0. The maximum absolute atomic E-state index is 13.8. The van der Waals surface area contributed by atoms with Crippen LogP contribution < -0.4 is 19.7 Å². The molecule has 0 bridgehead atoms. The van der Waals surface area contributed by atoms with E-state index in [0.717, 1.165) is 35.3 Å². The molecule has 2 aromatic carbocycles. The van der Waals surface area contributed by atoms with Gasteiger partial charge in [-0.25, -0.2) is 17.6 Å². The molecular formula is C27H30ClF4N3O7S. The van der Waals surface area contributed by atoms with E-state index in [-0.39, 0.29) is 41.0 Å². The van der Waals surface area contributed by atoms with E-state index in [1.165, 1.54) is 18.2 Å². The van der Waals surface area contributed by atoms with Crippen LogP contribution >= 0.6 is 11.6 Å². The standard InChI is InChI=1S/C27H30ClF4N3O7S/c1-25(2,27(30,31)32)42-24(37)34-16-6-9-22-21(12-16)35(43(38,39)18-7-8-20(29)19(28)13-18)15-17(41-22)14-33-23(36)26(3)10-4-5-11-40-26/h6-9,12-13,17H,4-5,10-11,14-15H2,1-3H3,(H,33,36)(H,34,37)/t17-,26?/m0/s1. The van der Waals surface area contributed by atoms with Crippen LogP contribution in [-0.2, 0) is 24.3 Å².